The maximum absolute atomic E-state index is 14.1. The Kier molecular flexibility index (Phi) is 11.9. The first-order chi connectivity index (χ1) is 20.5. The summed E-state index contributed by atoms with van der Waals surface area (Å²) in [5.74, 6) is -0.233. The van der Waals surface area contributed by atoms with Crippen molar-refractivity contribution in [2.24, 2.45) is 5.92 Å². The lowest BCUT2D eigenvalue weighted by molar-refractivity contribution is -0.140. The summed E-state index contributed by atoms with van der Waals surface area (Å²) < 4.78 is 53.5. The third kappa shape index (κ3) is 8.93. The standard InChI is InChI=1S/C32H40FN3O6S/c1-6-30(32(38)34-20-23(3)4)35(21-24-9-8-10-28(19-24)41-5)31(37)22-36(26-13-11-25(33)12-14-26)43(39,40)29-17-15-27(16-18-29)42-7-2/h8-19,23,30H,6-7,20-22H2,1-5H3,(H,34,38)/t30-/m1/s1. The van der Waals surface area contributed by atoms with E-state index in [1.165, 1.54) is 48.4 Å². The number of hydrogen-bond donors (Lipinski definition) is 1. The summed E-state index contributed by atoms with van der Waals surface area (Å²) in [4.78, 5) is 28.8. The van der Waals surface area contributed by atoms with Crippen LogP contribution in [0.25, 0.3) is 0 Å². The first kappa shape index (κ1) is 33.4. The average Bonchev–Trinajstić information content (AvgIpc) is 2.99. The van der Waals surface area contributed by atoms with Crippen molar-refractivity contribution in [1.29, 1.82) is 0 Å². The molecule has 0 unspecified atom stereocenters. The number of halogens is 1. The molecule has 0 aromatic heterocycles. The lowest BCUT2D eigenvalue weighted by Gasteiger charge is -2.33. The minimum atomic E-state index is -4.30. The summed E-state index contributed by atoms with van der Waals surface area (Å²) in [5.41, 5.74) is 0.799. The molecule has 1 N–H and O–H groups in total. The van der Waals surface area contributed by atoms with Crippen LogP contribution >= 0.6 is 0 Å². The van der Waals surface area contributed by atoms with E-state index in [-0.39, 0.29) is 29.0 Å². The molecule has 0 saturated heterocycles. The highest BCUT2D eigenvalue weighted by Crippen LogP contribution is 2.27. The van der Waals surface area contributed by atoms with Gasteiger partial charge in [-0.15, -0.1) is 0 Å². The van der Waals surface area contributed by atoms with Crippen molar-refractivity contribution in [3.63, 3.8) is 0 Å². The van der Waals surface area contributed by atoms with Gasteiger partial charge in [0.1, 0.15) is 29.9 Å². The Bertz CT molecular complexity index is 1460. The van der Waals surface area contributed by atoms with Crippen molar-refractivity contribution >= 4 is 27.5 Å². The number of rotatable bonds is 15. The molecule has 0 aliphatic carbocycles. The van der Waals surface area contributed by atoms with Gasteiger partial charge in [-0.3, -0.25) is 13.9 Å². The van der Waals surface area contributed by atoms with Gasteiger partial charge in [-0.1, -0.05) is 32.9 Å². The van der Waals surface area contributed by atoms with Crippen molar-refractivity contribution in [2.45, 2.75) is 51.6 Å². The Labute approximate surface area is 253 Å². The van der Waals surface area contributed by atoms with Crippen molar-refractivity contribution in [3.8, 4) is 11.5 Å². The van der Waals surface area contributed by atoms with Gasteiger partial charge in [-0.2, -0.15) is 0 Å². The molecule has 43 heavy (non-hydrogen) atoms. The fourth-order valence-corrected chi connectivity index (χ4v) is 5.86. The number of carbonyl (C=O) groups excluding carboxylic acids is 2. The molecule has 3 aromatic carbocycles. The van der Waals surface area contributed by atoms with E-state index in [1.54, 1.807) is 31.2 Å². The molecule has 1 atom stereocenters. The van der Waals surface area contributed by atoms with Crippen molar-refractivity contribution in [2.75, 3.05) is 31.1 Å². The summed E-state index contributed by atoms with van der Waals surface area (Å²) in [5, 5.41) is 2.90. The number of anilines is 1. The highest BCUT2D eigenvalue weighted by molar-refractivity contribution is 7.92. The maximum atomic E-state index is 14.1. The van der Waals surface area contributed by atoms with Gasteiger partial charge in [0.2, 0.25) is 11.8 Å². The van der Waals surface area contributed by atoms with Crippen LogP contribution in [0.2, 0.25) is 0 Å². The van der Waals surface area contributed by atoms with Gasteiger partial charge < -0.3 is 19.7 Å². The first-order valence-corrected chi connectivity index (χ1v) is 15.6. The minimum absolute atomic E-state index is 0.0317. The molecule has 3 rings (SSSR count). The number of carbonyl (C=O) groups is 2. The van der Waals surface area contributed by atoms with E-state index >= 15 is 0 Å². The fraction of sp³-hybridized carbons (Fsp3) is 0.375. The monoisotopic (exact) mass is 613 g/mol. The molecule has 0 radical (unpaired) electrons. The first-order valence-electron chi connectivity index (χ1n) is 14.2. The molecule has 0 spiro atoms. The predicted molar refractivity (Wildman–Crippen MR) is 164 cm³/mol. The lowest BCUT2D eigenvalue weighted by atomic mass is 10.1. The minimum Gasteiger partial charge on any atom is -0.497 e. The van der Waals surface area contributed by atoms with E-state index in [9.17, 15) is 22.4 Å². The topological polar surface area (TPSA) is 105 Å². The van der Waals surface area contributed by atoms with Crippen LogP contribution in [0.15, 0.2) is 77.7 Å². The molecule has 0 saturated carbocycles. The smallest absolute Gasteiger partial charge is 0.264 e. The second-order valence-corrected chi connectivity index (χ2v) is 12.2. The number of sulfonamides is 1. The van der Waals surface area contributed by atoms with E-state index in [4.69, 9.17) is 9.47 Å². The number of nitrogens with zero attached hydrogens (tertiary/aromatic N) is 2. The highest BCUT2D eigenvalue weighted by atomic mass is 32.2. The van der Waals surface area contributed by atoms with Gasteiger partial charge in [-0.05, 0) is 85.5 Å². The van der Waals surface area contributed by atoms with Crippen LogP contribution in [0.3, 0.4) is 0 Å². The third-order valence-electron chi connectivity index (χ3n) is 6.67. The van der Waals surface area contributed by atoms with Gasteiger partial charge in [-0.25, -0.2) is 12.8 Å². The number of methoxy groups -OCH3 is 1. The second-order valence-electron chi connectivity index (χ2n) is 10.3. The normalized spacial score (nSPS) is 12.0. The zero-order chi connectivity index (χ0) is 31.6. The van der Waals surface area contributed by atoms with Crippen molar-refractivity contribution < 1.29 is 31.9 Å². The van der Waals surface area contributed by atoms with Crippen LogP contribution in [-0.4, -0.2) is 58.0 Å². The predicted octanol–water partition coefficient (Wildman–Crippen LogP) is 5.01. The number of benzene rings is 3. The summed E-state index contributed by atoms with van der Waals surface area (Å²) in [6, 6.07) is 16.9. The van der Waals surface area contributed by atoms with Crippen LogP contribution < -0.4 is 19.1 Å². The lowest BCUT2D eigenvalue weighted by Crippen LogP contribution is -2.52. The second kappa shape index (κ2) is 15.4. The van der Waals surface area contributed by atoms with Gasteiger partial charge in [0, 0.05) is 13.1 Å². The summed E-state index contributed by atoms with van der Waals surface area (Å²) in [6.07, 6.45) is 0.293. The maximum Gasteiger partial charge on any atom is 0.264 e. The SMILES string of the molecule is CCOc1ccc(S(=O)(=O)N(CC(=O)N(Cc2cccc(OC)c2)[C@H](CC)C(=O)NCC(C)C)c2ccc(F)cc2)cc1. The number of ether oxygens (including phenoxy) is 2. The molecule has 0 aliphatic heterocycles. The molecule has 0 aliphatic rings. The van der Waals surface area contributed by atoms with Crippen molar-refractivity contribution in [3.05, 3.63) is 84.2 Å². The molecular formula is C32H40FN3O6S. The molecule has 9 nitrogen and oxygen atoms in total. The molecule has 0 heterocycles. The van der Waals surface area contributed by atoms with E-state index in [1.807, 2.05) is 20.8 Å². The Balaban J connectivity index is 2.04. The number of amides is 2. The van der Waals surface area contributed by atoms with E-state index in [0.29, 0.717) is 36.6 Å². The van der Waals surface area contributed by atoms with Gasteiger partial charge in [0.05, 0.1) is 24.3 Å². The van der Waals surface area contributed by atoms with E-state index in [2.05, 4.69) is 5.32 Å². The zero-order valence-corrected chi connectivity index (χ0v) is 26.1. The third-order valence-corrected chi connectivity index (χ3v) is 8.46. The molecule has 0 fully saturated rings. The van der Waals surface area contributed by atoms with E-state index in [0.717, 1.165) is 16.4 Å². The molecule has 11 heteroatoms. The van der Waals surface area contributed by atoms with Crippen LogP contribution in [0.4, 0.5) is 10.1 Å². The largest absolute Gasteiger partial charge is 0.497 e. The van der Waals surface area contributed by atoms with Gasteiger partial charge in [0.15, 0.2) is 0 Å². The number of nitrogens with one attached hydrogen (secondary N) is 1. The molecule has 3 aromatic rings. The fourth-order valence-electron chi connectivity index (χ4n) is 4.45. The van der Waals surface area contributed by atoms with Crippen LogP contribution in [-0.2, 0) is 26.2 Å². The van der Waals surface area contributed by atoms with Crippen LogP contribution in [0.1, 0.15) is 39.7 Å². The van der Waals surface area contributed by atoms with Crippen molar-refractivity contribution in [1.82, 2.24) is 10.2 Å². The summed E-state index contributed by atoms with van der Waals surface area (Å²) in [6.45, 7) is 7.78. The molecule has 0 bridgehead atoms. The number of hydrogen-bond acceptors (Lipinski definition) is 6. The highest BCUT2D eigenvalue weighted by Gasteiger charge is 2.33. The average molecular weight is 614 g/mol. The Hall–Kier alpha value is -4.12. The van der Waals surface area contributed by atoms with Gasteiger partial charge in [0.25, 0.3) is 10.0 Å². The molecular weight excluding hydrogens is 573 g/mol. The Morgan fingerprint density at radius 2 is 1.63 bits per heavy atom. The molecule has 232 valence electrons. The summed E-state index contributed by atoms with van der Waals surface area (Å²) in [7, 11) is -2.77. The Morgan fingerprint density at radius 3 is 2.21 bits per heavy atom. The van der Waals surface area contributed by atoms with Crippen LogP contribution in [0.5, 0.6) is 11.5 Å². The quantitative estimate of drug-likeness (QED) is 0.259. The molecule has 2 amide bonds. The van der Waals surface area contributed by atoms with Gasteiger partial charge >= 0.3 is 0 Å². The van der Waals surface area contributed by atoms with Crippen LogP contribution in [0, 0.1) is 11.7 Å². The summed E-state index contributed by atoms with van der Waals surface area (Å²) >= 11 is 0. The van der Waals surface area contributed by atoms with E-state index < -0.39 is 34.3 Å². The Morgan fingerprint density at radius 1 is 0.953 bits per heavy atom. The zero-order valence-electron chi connectivity index (χ0n) is 25.2.